The molecule has 1 aromatic rings. The van der Waals surface area contributed by atoms with E-state index in [2.05, 4.69) is 42.1 Å². The zero-order valence-corrected chi connectivity index (χ0v) is 12.9. The summed E-state index contributed by atoms with van der Waals surface area (Å²) in [5.74, 6) is 0.971. The van der Waals surface area contributed by atoms with Crippen molar-refractivity contribution < 1.29 is 4.74 Å². The Bertz CT molecular complexity index is 656. The second-order valence-corrected chi connectivity index (χ2v) is 6.35. The molecular formula is C15H21N5O. The van der Waals surface area contributed by atoms with E-state index in [1.807, 2.05) is 6.92 Å². The van der Waals surface area contributed by atoms with Crippen LogP contribution in [-0.2, 0) is 5.41 Å². The molecule has 6 nitrogen and oxygen atoms in total. The molecule has 6 heteroatoms. The highest BCUT2D eigenvalue weighted by molar-refractivity contribution is 5.55. The standard InChI is InChI=1S/C15H21N5O/c1-8-7-20(4)9(2)5-15(8)11(6-16)13(17)21-14-12(15)10(3)18-19-14/h8-9H,5,7,17H2,1-4H3,(H,18,19)/t8-,9+,15-/m0/s1. The number of nitrogens with zero attached hydrogens (tertiary/aromatic N) is 3. The lowest BCUT2D eigenvalue weighted by Crippen LogP contribution is -2.54. The van der Waals surface area contributed by atoms with E-state index >= 15 is 0 Å². The Kier molecular flexibility index (Phi) is 2.99. The lowest BCUT2D eigenvalue weighted by molar-refractivity contribution is 0.0888. The fourth-order valence-electron chi connectivity index (χ4n) is 3.95. The molecule has 2 aliphatic rings. The van der Waals surface area contributed by atoms with Gasteiger partial charge >= 0.3 is 0 Å². The van der Waals surface area contributed by atoms with Gasteiger partial charge in [-0.15, -0.1) is 5.10 Å². The topological polar surface area (TPSA) is 91.0 Å². The molecule has 1 fully saturated rings. The molecule has 2 aliphatic heterocycles. The predicted molar refractivity (Wildman–Crippen MR) is 78.3 cm³/mol. The lowest BCUT2D eigenvalue weighted by atomic mass is 9.60. The molecule has 3 atom stereocenters. The number of hydrogen-bond donors (Lipinski definition) is 2. The van der Waals surface area contributed by atoms with Crippen LogP contribution >= 0.6 is 0 Å². The molecule has 1 spiro atoms. The maximum absolute atomic E-state index is 9.69. The number of allylic oxidation sites excluding steroid dienone is 1. The molecule has 0 saturated carbocycles. The van der Waals surface area contributed by atoms with Gasteiger partial charge in [-0.1, -0.05) is 6.92 Å². The van der Waals surface area contributed by atoms with E-state index < -0.39 is 5.41 Å². The van der Waals surface area contributed by atoms with Crippen molar-refractivity contribution in [3.8, 4) is 11.9 Å². The van der Waals surface area contributed by atoms with Crippen LogP contribution in [0.15, 0.2) is 11.5 Å². The van der Waals surface area contributed by atoms with E-state index in [1.165, 1.54) is 0 Å². The molecule has 3 rings (SSSR count). The third-order valence-corrected chi connectivity index (χ3v) is 5.14. The highest BCUT2D eigenvalue weighted by Crippen LogP contribution is 2.53. The molecule has 0 aliphatic carbocycles. The summed E-state index contributed by atoms with van der Waals surface area (Å²) >= 11 is 0. The van der Waals surface area contributed by atoms with Gasteiger partial charge in [0.15, 0.2) is 0 Å². The molecule has 0 bridgehead atoms. The Morgan fingerprint density at radius 1 is 1.52 bits per heavy atom. The van der Waals surface area contributed by atoms with E-state index in [0.717, 1.165) is 24.2 Å². The maximum Gasteiger partial charge on any atom is 0.244 e. The number of hydrogen-bond acceptors (Lipinski definition) is 5. The number of rotatable bonds is 0. The molecule has 1 aromatic heterocycles. The van der Waals surface area contributed by atoms with Crippen LogP contribution in [0.5, 0.6) is 5.88 Å². The number of piperidine rings is 1. The summed E-state index contributed by atoms with van der Waals surface area (Å²) in [5.41, 5.74) is 8.12. The summed E-state index contributed by atoms with van der Waals surface area (Å²) in [6.45, 7) is 7.24. The highest BCUT2D eigenvalue weighted by atomic mass is 16.5. The minimum absolute atomic E-state index is 0.195. The first kappa shape index (κ1) is 14.0. The van der Waals surface area contributed by atoms with Gasteiger partial charge < -0.3 is 15.4 Å². The van der Waals surface area contributed by atoms with E-state index in [9.17, 15) is 5.26 Å². The lowest BCUT2D eigenvalue weighted by Gasteiger charge is -2.50. The van der Waals surface area contributed by atoms with Crippen molar-refractivity contribution in [3.63, 3.8) is 0 Å². The van der Waals surface area contributed by atoms with Crippen molar-refractivity contribution in [1.29, 1.82) is 5.26 Å². The van der Waals surface area contributed by atoms with Crippen molar-refractivity contribution >= 4 is 0 Å². The summed E-state index contributed by atoms with van der Waals surface area (Å²) in [6, 6.07) is 2.67. The van der Waals surface area contributed by atoms with Crippen LogP contribution in [0.1, 0.15) is 31.5 Å². The van der Waals surface area contributed by atoms with Crippen molar-refractivity contribution in [1.82, 2.24) is 15.1 Å². The Morgan fingerprint density at radius 3 is 2.90 bits per heavy atom. The van der Waals surface area contributed by atoms with Gasteiger partial charge in [0.1, 0.15) is 11.6 Å². The fourth-order valence-corrected chi connectivity index (χ4v) is 3.95. The number of ether oxygens (including phenoxy) is 1. The summed E-state index contributed by atoms with van der Waals surface area (Å²) in [4.78, 5) is 2.33. The Labute approximate surface area is 124 Å². The van der Waals surface area contributed by atoms with Crippen molar-refractivity contribution in [3.05, 3.63) is 22.7 Å². The largest absolute Gasteiger partial charge is 0.420 e. The number of aromatic nitrogens is 2. The van der Waals surface area contributed by atoms with Crippen LogP contribution in [0.2, 0.25) is 0 Å². The number of likely N-dealkylation sites (tertiary alicyclic amines) is 1. The maximum atomic E-state index is 9.69. The van der Waals surface area contributed by atoms with Gasteiger partial charge in [0.05, 0.1) is 0 Å². The minimum atomic E-state index is -0.407. The summed E-state index contributed by atoms with van der Waals surface area (Å²) in [6.07, 6.45) is 0.838. The quantitative estimate of drug-likeness (QED) is 0.752. The number of nitrogens with two attached hydrogens (primary N) is 1. The average Bonchev–Trinajstić information content (AvgIpc) is 2.78. The zero-order chi connectivity index (χ0) is 15.4. The smallest absolute Gasteiger partial charge is 0.244 e. The average molecular weight is 287 g/mol. The first-order valence-corrected chi connectivity index (χ1v) is 7.25. The molecule has 0 radical (unpaired) electrons. The summed E-state index contributed by atoms with van der Waals surface area (Å²) in [7, 11) is 2.12. The first-order chi connectivity index (χ1) is 9.91. The van der Waals surface area contributed by atoms with E-state index in [1.54, 1.807) is 0 Å². The van der Waals surface area contributed by atoms with E-state index in [0.29, 0.717) is 17.5 Å². The Morgan fingerprint density at radius 2 is 2.24 bits per heavy atom. The predicted octanol–water partition coefficient (Wildman–Crippen LogP) is 1.40. The first-order valence-electron chi connectivity index (χ1n) is 7.25. The van der Waals surface area contributed by atoms with Crippen molar-refractivity contribution in [2.24, 2.45) is 11.7 Å². The van der Waals surface area contributed by atoms with Gasteiger partial charge in [-0.05, 0) is 33.2 Å². The number of nitriles is 1. The monoisotopic (exact) mass is 287 g/mol. The molecule has 0 amide bonds. The third kappa shape index (κ3) is 1.70. The van der Waals surface area contributed by atoms with Gasteiger partial charge in [0.2, 0.25) is 11.8 Å². The fraction of sp³-hybridized carbons (Fsp3) is 0.600. The Balaban J connectivity index is 2.26. The molecule has 3 heterocycles. The van der Waals surface area contributed by atoms with Crippen molar-refractivity contribution in [2.75, 3.05) is 13.6 Å². The van der Waals surface area contributed by atoms with Gasteiger partial charge in [-0.3, -0.25) is 5.10 Å². The number of aryl methyl sites for hydroxylation is 1. The second-order valence-electron chi connectivity index (χ2n) is 6.35. The molecule has 3 N–H and O–H groups in total. The normalized spacial score (nSPS) is 32.7. The number of nitrogens with one attached hydrogen (secondary N) is 1. The minimum Gasteiger partial charge on any atom is -0.420 e. The van der Waals surface area contributed by atoms with E-state index in [4.69, 9.17) is 10.5 Å². The Hall–Kier alpha value is -2.00. The van der Waals surface area contributed by atoms with Crippen LogP contribution in [0.3, 0.4) is 0 Å². The zero-order valence-electron chi connectivity index (χ0n) is 12.9. The van der Waals surface area contributed by atoms with Gasteiger partial charge in [-0.2, -0.15) is 5.26 Å². The van der Waals surface area contributed by atoms with Crippen LogP contribution in [0.4, 0.5) is 0 Å². The van der Waals surface area contributed by atoms with Crippen LogP contribution in [0.25, 0.3) is 0 Å². The number of aromatic amines is 1. The van der Waals surface area contributed by atoms with Crippen LogP contribution < -0.4 is 10.5 Å². The second kappa shape index (κ2) is 4.50. The molecule has 112 valence electrons. The molecule has 0 aromatic carbocycles. The molecule has 21 heavy (non-hydrogen) atoms. The van der Waals surface area contributed by atoms with Crippen LogP contribution in [0, 0.1) is 24.2 Å². The van der Waals surface area contributed by atoms with Gasteiger partial charge in [0.25, 0.3) is 0 Å². The van der Waals surface area contributed by atoms with E-state index in [-0.39, 0.29) is 11.8 Å². The summed E-state index contributed by atoms with van der Waals surface area (Å²) in [5, 5.41) is 16.9. The summed E-state index contributed by atoms with van der Waals surface area (Å²) < 4.78 is 5.57. The number of fused-ring (bicyclic) bond motifs is 2. The van der Waals surface area contributed by atoms with Crippen LogP contribution in [-0.4, -0.2) is 34.7 Å². The molecular weight excluding hydrogens is 266 g/mol. The molecule has 0 unspecified atom stereocenters. The third-order valence-electron chi connectivity index (χ3n) is 5.14. The van der Waals surface area contributed by atoms with Crippen molar-refractivity contribution in [2.45, 2.75) is 38.6 Å². The molecule has 1 saturated heterocycles. The number of H-pyrrole nitrogens is 1. The van der Waals surface area contributed by atoms with Gasteiger partial charge in [0, 0.05) is 29.3 Å². The SMILES string of the molecule is Cc1[nH]nc2c1[C@]1(C[C@@H](C)N(C)C[C@@H]1C)C(C#N)=C(N)O2. The highest BCUT2D eigenvalue weighted by Gasteiger charge is 2.53. The van der Waals surface area contributed by atoms with Gasteiger partial charge in [-0.25, -0.2) is 0 Å².